The Morgan fingerprint density at radius 1 is 1.44 bits per heavy atom. The Kier molecular flexibility index (Phi) is 1.94. The summed E-state index contributed by atoms with van der Waals surface area (Å²) in [6.45, 7) is 2.99. The number of rotatable bonds is 1. The molecular weight excluding hydrogens is 137 g/mol. The van der Waals surface area contributed by atoms with Crippen molar-refractivity contribution in [3.63, 3.8) is 0 Å². The van der Waals surface area contributed by atoms with Gasteiger partial charge in [-0.25, -0.2) is 4.67 Å². The fourth-order valence-corrected chi connectivity index (χ4v) is 2.10. The van der Waals surface area contributed by atoms with Crippen LogP contribution in [0.2, 0.25) is 0 Å². The second-order valence-corrected chi connectivity index (χ2v) is 4.73. The molecular formula is C5H12NO2P. The average Bonchev–Trinajstić information content (AvgIpc) is 2.08. The van der Waals surface area contributed by atoms with Gasteiger partial charge >= 0.3 is 0 Å². The maximum absolute atomic E-state index is 10.9. The number of hydrogen-bond donors (Lipinski definition) is 1. The molecule has 0 spiro atoms. The number of hydrogen-bond acceptors (Lipinski definition) is 1. The van der Waals surface area contributed by atoms with Crippen LogP contribution in [0.25, 0.3) is 0 Å². The third-order valence-corrected chi connectivity index (χ3v) is 3.06. The Morgan fingerprint density at radius 2 is 1.89 bits per heavy atom. The molecule has 0 aliphatic carbocycles. The molecule has 1 atom stereocenters. The molecule has 54 valence electrons. The van der Waals surface area contributed by atoms with Crippen molar-refractivity contribution >= 4 is 7.52 Å². The van der Waals surface area contributed by atoms with Crippen molar-refractivity contribution in [2.75, 3.05) is 19.8 Å². The van der Waals surface area contributed by atoms with Crippen molar-refractivity contribution in [3.05, 3.63) is 0 Å². The fraction of sp³-hybridized carbons (Fsp3) is 1.00. The zero-order valence-electron chi connectivity index (χ0n) is 5.58. The van der Waals surface area contributed by atoms with Gasteiger partial charge in [-0.3, -0.25) is 4.57 Å². The predicted molar refractivity (Wildman–Crippen MR) is 36.6 cm³/mol. The van der Waals surface area contributed by atoms with E-state index in [1.165, 1.54) is 6.66 Å². The molecule has 1 unspecified atom stereocenters. The summed E-state index contributed by atoms with van der Waals surface area (Å²) in [6, 6.07) is 0. The van der Waals surface area contributed by atoms with Crippen LogP contribution < -0.4 is 0 Å². The summed E-state index contributed by atoms with van der Waals surface area (Å²) in [5, 5.41) is 0. The molecule has 1 heterocycles. The highest BCUT2D eigenvalue weighted by molar-refractivity contribution is 7.54. The molecule has 1 aliphatic heterocycles. The van der Waals surface area contributed by atoms with Gasteiger partial charge in [0.15, 0.2) is 0 Å². The van der Waals surface area contributed by atoms with Crippen molar-refractivity contribution in [2.45, 2.75) is 12.8 Å². The van der Waals surface area contributed by atoms with Crippen molar-refractivity contribution in [2.24, 2.45) is 0 Å². The topological polar surface area (TPSA) is 40.5 Å². The first-order valence-corrected chi connectivity index (χ1v) is 5.22. The second kappa shape index (κ2) is 2.41. The maximum Gasteiger partial charge on any atom is 0.266 e. The third kappa shape index (κ3) is 1.78. The zero-order chi connectivity index (χ0) is 6.91. The standard InChI is InChI=1S/C5H12NO2P/c1-9(7,8)6-4-2-3-5-6/h2-5H2,1H3,(H,7,8). The van der Waals surface area contributed by atoms with Crippen LogP contribution in [0.4, 0.5) is 0 Å². The minimum Gasteiger partial charge on any atom is -0.333 e. The van der Waals surface area contributed by atoms with Crippen LogP contribution in [0.3, 0.4) is 0 Å². The molecule has 0 aromatic carbocycles. The predicted octanol–water partition coefficient (Wildman–Crippen LogP) is 0.897. The lowest BCUT2D eigenvalue weighted by molar-refractivity contribution is 0.391. The summed E-state index contributed by atoms with van der Waals surface area (Å²) in [5.74, 6) is 0. The maximum atomic E-state index is 10.9. The molecule has 1 fully saturated rings. The van der Waals surface area contributed by atoms with Gasteiger partial charge in [-0.1, -0.05) is 0 Å². The molecule has 1 rings (SSSR count). The van der Waals surface area contributed by atoms with Crippen molar-refractivity contribution in [1.29, 1.82) is 0 Å². The van der Waals surface area contributed by atoms with E-state index in [1.54, 1.807) is 4.67 Å². The largest absolute Gasteiger partial charge is 0.333 e. The van der Waals surface area contributed by atoms with E-state index in [4.69, 9.17) is 4.89 Å². The summed E-state index contributed by atoms with van der Waals surface area (Å²) in [7, 11) is -2.88. The van der Waals surface area contributed by atoms with E-state index in [0.29, 0.717) is 0 Å². The van der Waals surface area contributed by atoms with E-state index in [1.807, 2.05) is 0 Å². The van der Waals surface area contributed by atoms with E-state index in [2.05, 4.69) is 0 Å². The monoisotopic (exact) mass is 149 g/mol. The van der Waals surface area contributed by atoms with Crippen LogP contribution in [-0.2, 0) is 4.57 Å². The van der Waals surface area contributed by atoms with Crippen LogP contribution in [0, 0.1) is 0 Å². The quantitative estimate of drug-likeness (QED) is 0.563. The Labute approximate surface area is 55.2 Å². The molecule has 3 nitrogen and oxygen atoms in total. The van der Waals surface area contributed by atoms with Gasteiger partial charge in [0.05, 0.1) is 0 Å². The summed E-state index contributed by atoms with van der Waals surface area (Å²) in [6.07, 6.45) is 2.14. The van der Waals surface area contributed by atoms with Gasteiger partial charge in [0, 0.05) is 19.8 Å². The van der Waals surface area contributed by atoms with E-state index >= 15 is 0 Å². The SMILES string of the molecule is CP(=O)(O)N1CCCC1. The smallest absolute Gasteiger partial charge is 0.266 e. The average molecular weight is 149 g/mol. The van der Waals surface area contributed by atoms with Crippen LogP contribution in [0.1, 0.15) is 12.8 Å². The van der Waals surface area contributed by atoms with Crippen LogP contribution in [0.5, 0.6) is 0 Å². The van der Waals surface area contributed by atoms with Gasteiger partial charge in [0.2, 0.25) is 0 Å². The summed E-state index contributed by atoms with van der Waals surface area (Å²) >= 11 is 0. The summed E-state index contributed by atoms with van der Waals surface area (Å²) in [5.41, 5.74) is 0. The van der Waals surface area contributed by atoms with Crippen molar-refractivity contribution in [3.8, 4) is 0 Å². The Morgan fingerprint density at radius 3 is 2.11 bits per heavy atom. The molecule has 4 heteroatoms. The third-order valence-electron chi connectivity index (χ3n) is 1.61. The van der Waals surface area contributed by atoms with Gasteiger partial charge in [0.25, 0.3) is 7.52 Å². The van der Waals surface area contributed by atoms with Gasteiger partial charge in [0.1, 0.15) is 0 Å². The lowest BCUT2D eigenvalue weighted by Gasteiger charge is -2.17. The Hall–Kier alpha value is 0.150. The molecule has 0 bridgehead atoms. The molecule has 0 amide bonds. The van der Waals surface area contributed by atoms with E-state index in [9.17, 15) is 4.57 Å². The minimum atomic E-state index is -2.88. The zero-order valence-corrected chi connectivity index (χ0v) is 6.47. The summed E-state index contributed by atoms with van der Waals surface area (Å²) < 4.78 is 12.6. The molecule has 9 heavy (non-hydrogen) atoms. The van der Waals surface area contributed by atoms with Gasteiger partial charge in [-0.05, 0) is 12.8 Å². The highest BCUT2D eigenvalue weighted by Crippen LogP contribution is 2.42. The Bertz CT molecular complexity index is 136. The Balaban J connectivity index is 2.52. The van der Waals surface area contributed by atoms with E-state index < -0.39 is 7.52 Å². The summed E-state index contributed by atoms with van der Waals surface area (Å²) in [4.78, 5) is 9.00. The molecule has 1 saturated heterocycles. The van der Waals surface area contributed by atoms with Crippen LogP contribution >= 0.6 is 7.52 Å². The first-order chi connectivity index (χ1) is 4.11. The highest BCUT2D eigenvalue weighted by atomic mass is 31.2. The van der Waals surface area contributed by atoms with Gasteiger partial charge in [-0.2, -0.15) is 0 Å². The van der Waals surface area contributed by atoms with E-state index in [0.717, 1.165) is 25.9 Å². The first-order valence-electron chi connectivity index (χ1n) is 3.16. The molecule has 1 N–H and O–H groups in total. The second-order valence-electron chi connectivity index (χ2n) is 2.50. The molecule has 0 saturated carbocycles. The number of nitrogens with zero attached hydrogens (tertiary/aromatic N) is 1. The van der Waals surface area contributed by atoms with Gasteiger partial charge in [-0.15, -0.1) is 0 Å². The van der Waals surface area contributed by atoms with Crippen molar-refractivity contribution < 1.29 is 9.46 Å². The van der Waals surface area contributed by atoms with Crippen LogP contribution in [0.15, 0.2) is 0 Å². The highest BCUT2D eigenvalue weighted by Gasteiger charge is 2.24. The normalized spacial score (nSPS) is 28.2. The lowest BCUT2D eigenvalue weighted by atomic mass is 10.4. The van der Waals surface area contributed by atoms with E-state index in [-0.39, 0.29) is 0 Å². The molecule has 0 radical (unpaired) electrons. The lowest BCUT2D eigenvalue weighted by Crippen LogP contribution is -2.14. The minimum absolute atomic E-state index is 0.796. The molecule has 0 aromatic rings. The van der Waals surface area contributed by atoms with Crippen molar-refractivity contribution in [1.82, 2.24) is 4.67 Å². The fourth-order valence-electron chi connectivity index (χ4n) is 1.07. The first kappa shape index (κ1) is 7.26. The molecule has 1 aliphatic rings. The molecule has 0 aromatic heterocycles. The van der Waals surface area contributed by atoms with Gasteiger partial charge < -0.3 is 4.89 Å². The van der Waals surface area contributed by atoms with Crippen LogP contribution in [-0.4, -0.2) is 29.3 Å².